The second-order valence-corrected chi connectivity index (χ2v) is 5.82. The molecule has 0 bridgehead atoms. The summed E-state index contributed by atoms with van der Waals surface area (Å²) < 4.78 is 27.8. The molecule has 3 rings (SSSR count). The van der Waals surface area contributed by atoms with Gasteiger partial charge in [0.05, 0.1) is 0 Å². The first-order chi connectivity index (χ1) is 10.4. The zero-order chi connectivity index (χ0) is 15.8. The number of carbonyl (C=O) groups is 1. The highest BCUT2D eigenvalue weighted by molar-refractivity contribution is 5.85. The van der Waals surface area contributed by atoms with Gasteiger partial charge in [-0.1, -0.05) is 18.2 Å². The number of halogens is 2. The van der Waals surface area contributed by atoms with E-state index in [4.69, 9.17) is 0 Å². The number of H-pyrrole nitrogens is 1. The minimum absolute atomic E-state index is 0.0319. The lowest BCUT2D eigenvalue weighted by Gasteiger charge is -2.41. The van der Waals surface area contributed by atoms with Gasteiger partial charge in [0, 0.05) is 23.6 Å². The van der Waals surface area contributed by atoms with E-state index in [1.807, 2.05) is 30.5 Å². The summed E-state index contributed by atoms with van der Waals surface area (Å²) in [6, 6.07) is 7.68. The summed E-state index contributed by atoms with van der Waals surface area (Å²) in [6.45, 7) is 0.104. The van der Waals surface area contributed by atoms with Gasteiger partial charge in [-0.25, -0.2) is 0 Å². The zero-order valence-electron chi connectivity index (χ0n) is 12.0. The first-order valence-corrected chi connectivity index (χ1v) is 7.37. The molecule has 1 amide bonds. The van der Waals surface area contributed by atoms with Crippen LogP contribution in [0.15, 0.2) is 30.5 Å². The molecule has 0 spiro atoms. The third-order valence-electron chi connectivity index (χ3n) is 4.41. The van der Waals surface area contributed by atoms with Crippen LogP contribution in [-0.2, 0) is 11.2 Å². The van der Waals surface area contributed by atoms with E-state index in [9.17, 15) is 18.7 Å². The minimum Gasteiger partial charge on any atom is -0.383 e. The van der Waals surface area contributed by atoms with Gasteiger partial charge in [-0.2, -0.15) is 8.78 Å². The van der Waals surface area contributed by atoms with Crippen LogP contribution in [0.4, 0.5) is 8.78 Å². The number of carbonyl (C=O) groups excluding carboxylic acids is 1. The van der Waals surface area contributed by atoms with Gasteiger partial charge in [0.2, 0.25) is 0 Å². The van der Waals surface area contributed by atoms with Crippen LogP contribution in [0.25, 0.3) is 10.9 Å². The number of amides is 1. The Kier molecular flexibility index (Phi) is 3.64. The number of benzene rings is 1. The first-order valence-electron chi connectivity index (χ1n) is 7.37. The molecule has 1 aromatic heterocycles. The predicted molar refractivity (Wildman–Crippen MR) is 78.8 cm³/mol. The summed E-state index contributed by atoms with van der Waals surface area (Å²) >= 11 is 0. The molecule has 1 aliphatic carbocycles. The van der Waals surface area contributed by atoms with Crippen LogP contribution in [0.2, 0.25) is 0 Å². The minimum atomic E-state index is -3.73. The first kappa shape index (κ1) is 15.0. The van der Waals surface area contributed by atoms with E-state index >= 15 is 0 Å². The van der Waals surface area contributed by atoms with Crippen LogP contribution in [-0.4, -0.2) is 34.1 Å². The van der Waals surface area contributed by atoms with Crippen LogP contribution in [0.3, 0.4) is 0 Å². The fourth-order valence-electron chi connectivity index (χ4n) is 2.80. The standard InChI is InChI=1S/C16H18F2N2O2/c17-16(18,15(22)7-3-8-15)14(21)19-9-6-11-10-20-13-5-2-1-4-12(11)13/h1-2,4-5,10,20,22H,3,6-9H2,(H,19,21). The molecular weight excluding hydrogens is 290 g/mol. The molecule has 1 saturated carbocycles. The molecule has 0 saturated heterocycles. The Morgan fingerprint density at radius 3 is 2.77 bits per heavy atom. The highest BCUT2D eigenvalue weighted by Crippen LogP contribution is 2.44. The summed E-state index contributed by atoms with van der Waals surface area (Å²) in [5.74, 6) is -5.12. The number of aromatic nitrogens is 1. The molecule has 1 fully saturated rings. The van der Waals surface area contributed by atoms with E-state index in [1.54, 1.807) is 0 Å². The average molecular weight is 308 g/mol. The van der Waals surface area contributed by atoms with E-state index in [-0.39, 0.29) is 19.4 Å². The molecule has 0 aliphatic heterocycles. The summed E-state index contributed by atoms with van der Waals surface area (Å²) in [5.41, 5.74) is -0.239. The molecule has 0 radical (unpaired) electrons. The van der Waals surface area contributed by atoms with Crippen molar-refractivity contribution in [3.63, 3.8) is 0 Å². The van der Waals surface area contributed by atoms with Gasteiger partial charge in [0.1, 0.15) is 5.60 Å². The average Bonchev–Trinajstić information content (AvgIpc) is 2.88. The fourth-order valence-corrected chi connectivity index (χ4v) is 2.80. The lowest BCUT2D eigenvalue weighted by Crippen LogP contribution is -2.60. The summed E-state index contributed by atoms with van der Waals surface area (Å²) in [7, 11) is 0. The molecule has 0 unspecified atom stereocenters. The van der Waals surface area contributed by atoms with Crippen LogP contribution >= 0.6 is 0 Å². The van der Waals surface area contributed by atoms with Crippen molar-refractivity contribution >= 4 is 16.8 Å². The Hall–Kier alpha value is -1.95. The quantitative estimate of drug-likeness (QED) is 0.794. The predicted octanol–water partition coefficient (Wildman–Crippen LogP) is 2.38. The number of fused-ring (bicyclic) bond motifs is 1. The summed E-state index contributed by atoms with van der Waals surface area (Å²) in [4.78, 5) is 14.8. The number of nitrogens with one attached hydrogen (secondary N) is 2. The van der Waals surface area contributed by atoms with Gasteiger partial charge in [0.15, 0.2) is 0 Å². The fraction of sp³-hybridized carbons (Fsp3) is 0.438. The van der Waals surface area contributed by atoms with E-state index in [1.165, 1.54) is 0 Å². The second-order valence-electron chi connectivity index (χ2n) is 5.82. The molecule has 1 aliphatic rings. The van der Waals surface area contributed by atoms with Crippen molar-refractivity contribution in [3.8, 4) is 0 Å². The maximum Gasteiger partial charge on any atom is 0.352 e. The molecule has 1 aromatic carbocycles. The molecule has 118 valence electrons. The third kappa shape index (κ3) is 2.37. The van der Waals surface area contributed by atoms with Crippen molar-refractivity contribution in [2.45, 2.75) is 37.2 Å². The largest absolute Gasteiger partial charge is 0.383 e. The van der Waals surface area contributed by atoms with E-state index < -0.39 is 17.4 Å². The molecule has 2 aromatic rings. The number of para-hydroxylation sites is 1. The Morgan fingerprint density at radius 1 is 1.36 bits per heavy atom. The van der Waals surface area contributed by atoms with Crippen molar-refractivity contribution < 1.29 is 18.7 Å². The SMILES string of the molecule is O=C(NCCc1c[nH]c2ccccc12)C(F)(F)C1(O)CCC1. The van der Waals surface area contributed by atoms with Crippen molar-refractivity contribution in [3.05, 3.63) is 36.0 Å². The summed E-state index contributed by atoms with van der Waals surface area (Å²) in [6.07, 6.45) is 2.72. The van der Waals surface area contributed by atoms with Gasteiger partial charge in [-0.3, -0.25) is 4.79 Å². The van der Waals surface area contributed by atoms with E-state index in [2.05, 4.69) is 10.3 Å². The zero-order valence-corrected chi connectivity index (χ0v) is 12.0. The van der Waals surface area contributed by atoms with Crippen LogP contribution in [0.1, 0.15) is 24.8 Å². The highest BCUT2D eigenvalue weighted by atomic mass is 19.3. The Bertz CT molecular complexity index is 692. The Labute approximate surface area is 126 Å². The Morgan fingerprint density at radius 2 is 2.09 bits per heavy atom. The molecule has 6 heteroatoms. The molecule has 0 atom stereocenters. The number of alkyl halides is 2. The number of hydrogen-bond acceptors (Lipinski definition) is 2. The molecule has 1 heterocycles. The monoisotopic (exact) mass is 308 g/mol. The maximum absolute atomic E-state index is 13.9. The maximum atomic E-state index is 13.9. The van der Waals surface area contributed by atoms with Gasteiger partial charge in [-0.05, 0) is 37.3 Å². The second kappa shape index (κ2) is 5.35. The van der Waals surface area contributed by atoms with Gasteiger partial charge < -0.3 is 15.4 Å². The lowest BCUT2D eigenvalue weighted by atomic mass is 9.75. The number of hydrogen-bond donors (Lipinski definition) is 3. The van der Waals surface area contributed by atoms with Crippen molar-refractivity contribution in [1.29, 1.82) is 0 Å². The van der Waals surface area contributed by atoms with E-state index in [0.29, 0.717) is 12.8 Å². The van der Waals surface area contributed by atoms with Crippen LogP contribution < -0.4 is 5.32 Å². The van der Waals surface area contributed by atoms with Crippen molar-refractivity contribution in [1.82, 2.24) is 10.3 Å². The highest BCUT2D eigenvalue weighted by Gasteiger charge is 2.60. The normalized spacial score (nSPS) is 17.2. The van der Waals surface area contributed by atoms with E-state index in [0.717, 1.165) is 16.5 Å². The van der Waals surface area contributed by atoms with Crippen LogP contribution in [0.5, 0.6) is 0 Å². The molecule has 4 nitrogen and oxygen atoms in total. The number of aliphatic hydroxyl groups is 1. The third-order valence-corrected chi connectivity index (χ3v) is 4.41. The number of aromatic amines is 1. The van der Waals surface area contributed by atoms with Gasteiger partial charge in [0.25, 0.3) is 5.91 Å². The van der Waals surface area contributed by atoms with Gasteiger partial charge >= 0.3 is 5.92 Å². The topological polar surface area (TPSA) is 65.1 Å². The Balaban J connectivity index is 1.60. The smallest absolute Gasteiger partial charge is 0.352 e. The molecule has 22 heavy (non-hydrogen) atoms. The molecule has 3 N–H and O–H groups in total. The van der Waals surface area contributed by atoms with Crippen LogP contribution in [0, 0.1) is 0 Å². The number of rotatable bonds is 5. The molecular formula is C16H18F2N2O2. The lowest BCUT2D eigenvalue weighted by molar-refractivity contribution is -0.215. The summed E-state index contributed by atoms with van der Waals surface area (Å²) in [5, 5.41) is 13.0. The van der Waals surface area contributed by atoms with Crippen molar-refractivity contribution in [2.24, 2.45) is 0 Å². The van der Waals surface area contributed by atoms with Crippen molar-refractivity contribution in [2.75, 3.05) is 6.54 Å². The van der Waals surface area contributed by atoms with Gasteiger partial charge in [-0.15, -0.1) is 0 Å².